The molecule has 0 fully saturated rings. The van der Waals surface area contributed by atoms with E-state index in [0.717, 1.165) is 6.54 Å². The predicted octanol–water partition coefficient (Wildman–Crippen LogP) is 12.9. The van der Waals surface area contributed by atoms with Crippen LogP contribution in [0.2, 0.25) is 0 Å². The maximum absolute atomic E-state index is 2.53. The van der Waals surface area contributed by atoms with Gasteiger partial charge in [0.25, 0.3) is 0 Å². The van der Waals surface area contributed by atoms with Crippen molar-refractivity contribution in [3.05, 3.63) is 200 Å². The maximum atomic E-state index is 2.53. The SMILES string of the molecule is c1ccc(-c2cccc(-c3ccccc3)c2Cn2c3ccccc3c3c(-n4c5ccccc5c5c(-c6ccccc6)cccc54)cccc32)cc1. The Bertz CT molecular complexity index is 2800. The fourth-order valence-corrected chi connectivity index (χ4v) is 8.26. The van der Waals surface area contributed by atoms with Gasteiger partial charge in [-0.2, -0.15) is 0 Å². The van der Waals surface area contributed by atoms with E-state index in [9.17, 15) is 0 Å². The number of hydrogen-bond acceptors (Lipinski definition) is 0. The largest absolute Gasteiger partial charge is 0.336 e. The Morgan fingerprint density at radius 2 is 0.765 bits per heavy atom. The van der Waals surface area contributed by atoms with Gasteiger partial charge in [-0.3, -0.25) is 0 Å². The summed E-state index contributed by atoms with van der Waals surface area (Å²) in [6.45, 7) is 0.730. The minimum atomic E-state index is 0.730. The van der Waals surface area contributed by atoms with Crippen molar-refractivity contribution in [1.29, 1.82) is 0 Å². The molecule has 0 N–H and O–H groups in total. The molecular weight excluding hydrogens is 617 g/mol. The lowest BCUT2D eigenvalue weighted by atomic mass is 9.91. The molecule has 0 spiro atoms. The van der Waals surface area contributed by atoms with Gasteiger partial charge in [0.1, 0.15) is 0 Å². The number of aromatic nitrogens is 2. The highest BCUT2D eigenvalue weighted by atomic mass is 15.0. The zero-order valence-corrected chi connectivity index (χ0v) is 28.1. The summed E-state index contributed by atoms with van der Waals surface area (Å²) in [5.41, 5.74) is 14.8. The van der Waals surface area contributed by atoms with Gasteiger partial charge in [0, 0.05) is 33.6 Å². The normalized spacial score (nSPS) is 11.6. The number of fused-ring (bicyclic) bond motifs is 6. The molecule has 8 aromatic carbocycles. The van der Waals surface area contributed by atoms with Crippen LogP contribution in [0.1, 0.15) is 5.56 Å². The van der Waals surface area contributed by atoms with Crippen molar-refractivity contribution in [3.63, 3.8) is 0 Å². The Balaban J connectivity index is 1.26. The number of hydrogen-bond donors (Lipinski definition) is 0. The fraction of sp³-hybridized carbons (Fsp3) is 0.0204. The van der Waals surface area contributed by atoms with Crippen molar-refractivity contribution in [2.75, 3.05) is 0 Å². The summed E-state index contributed by atoms with van der Waals surface area (Å²) in [6, 6.07) is 70.5. The van der Waals surface area contributed by atoms with Crippen molar-refractivity contribution < 1.29 is 0 Å². The molecule has 0 aliphatic rings. The molecule has 0 bridgehead atoms. The summed E-state index contributed by atoms with van der Waals surface area (Å²) < 4.78 is 5.02. The van der Waals surface area contributed by atoms with E-state index in [0.29, 0.717) is 0 Å². The highest BCUT2D eigenvalue weighted by Crippen LogP contribution is 2.42. The lowest BCUT2D eigenvalue weighted by molar-refractivity contribution is 0.872. The molecule has 0 saturated carbocycles. The topological polar surface area (TPSA) is 9.86 Å². The van der Waals surface area contributed by atoms with E-state index in [1.54, 1.807) is 0 Å². The van der Waals surface area contributed by atoms with E-state index >= 15 is 0 Å². The third kappa shape index (κ3) is 4.72. The van der Waals surface area contributed by atoms with Gasteiger partial charge in [-0.05, 0) is 69.3 Å². The van der Waals surface area contributed by atoms with E-state index in [-0.39, 0.29) is 0 Å². The fourth-order valence-electron chi connectivity index (χ4n) is 8.26. The minimum absolute atomic E-state index is 0.730. The monoisotopic (exact) mass is 650 g/mol. The second-order valence-electron chi connectivity index (χ2n) is 13.3. The smallest absolute Gasteiger partial charge is 0.0562 e. The van der Waals surface area contributed by atoms with E-state index in [4.69, 9.17) is 0 Å². The Labute approximate surface area is 297 Å². The van der Waals surface area contributed by atoms with Gasteiger partial charge in [0.2, 0.25) is 0 Å². The first kappa shape index (κ1) is 29.3. The number of nitrogens with zero attached hydrogens (tertiary/aromatic N) is 2. The summed E-state index contributed by atoms with van der Waals surface area (Å²) in [7, 11) is 0. The summed E-state index contributed by atoms with van der Waals surface area (Å²) in [5, 5.41) is 5.06. The molecule has 0 radical (unpaired) electrons. The second kappa shape index (κ2) is 12.0. The number of para-hydroxylation sites is 2. The highest BCUT2D eigenvalue weighted by molar-refractivity contribution is 6.18. The molecule has 0 unspecified atom stereocenters. The molecule has 2 heteroatoms. The molecule has 0 aliphatic heterocycles. The van der Waals surface area contributed by atoms with Crippen LogP contribution in [0.15, 0.2) is 194 Å². The summed E-state index contributed by atoms with van der Waals surface area (Å²) in [4.78, 5) is 0. The molecule has 10 aromatic rings. The first-order valence-electron chi connectivity index (χ1n) is 17.7. The predicted molar refractivity (Wildman–Crippen MR) is 216 cm³/mol. The van der Waals surface area contributed by atoms with Crippen LogP contribution in [-0.2, 0) is 6.54 Å². The van der Waals surface area contributed by atoms with Gasteiger partial charge in [0.15, 0.2) is 0 Å². The molecular formula is C49H34N2. The van der Waals surface area contributed by atoms with Crippen LogP contribution >= 0.6 is 0 Å². The van der Waals surface area contributed by atoms with Gasteiger partial charge in [0.05, 0.1) is 22.2 Å². The van der Waals surface area contributed by atoms with Gasteiger partial charge in [-0.1, -0.05) is 164 Å². The number of benzene rings is 8. The lowest BCUT2D eigenvalue weighted by Gasteiger charge is -2.18. The zero-order valence-electron chi connectivity index (χ0n) is 28.1. The van der Waals surface area contributed by atoms with Gasteiger partial charge in [-0.25, -0.2) is 0 Å². The molecule has 2 nitrogen and oxygen atoms in total. The van der Waals surface area contributed by atoms with Gasteiger partial charge < -0.3 is 9.13 Å². The number of rotatable bonds is 6. The van der Waals surface area contributed by atoms with Crippen molar-refractivity contribution in [1.82, 2.24) is 9.13 Å². The molecule has 240 valence electrons. The molecule has 0 aliphatic carbocycles. The van der Waals surface area contributed by atoms with E-state index in [1.165, 1.54) is 88.2 Å². The van der Waals surface area contributed by atoms with Crippen molar-refractivity contribution in [2.24, 2.45) is 0 Å². The Kier molecular flexibility index (Phi) is 6.92. The van der Waals surface area contributed by atoms with E-state index in [2.05, 4.69) is 203 Å². The van der Waals surface area contributed by atoms with Crippen molar-refractivity contribution >= 4 is 43.6 Å². The average Bonchev–Trinajstić information content (AvgIpc) is 3.72. The van der Waals surface area contributed by atoms with Crippen LogP contribution in [0.25, 0.3) is 82.7 Å². The molecule has 0 amide bonds. The Hall–Kier alpha value is -6.64. The molecule has 2 aromatic heterocycles. The minimum Gasteiger partial charge on any atom is -0.336 e. The van der Waals surface area contributed by atoms with Crippen LogP contribution < -0.4 is 0 Å². The van der Waals surface area contributed by atoms with Crippen LogP contribution in [0.4, 0.5) is 0 Å². The van der Waals surface area contributed by atoms with Crippen molar-refractivity contribution in [3.8, 4) is 39.1 Å². The summed E-state index contributed by atoms with van der Waals surface area (Å²) in [5.74, 6) is 0. The average molecular weight is 651 g/mol. The second-order valence-corrected chi connectivity index (χ2v) is 13.3. The molecule has 2 heterocycles. The first-order chi connectivity index (χ1) is 25.3. The van der Waals surface area contributed by atoms with Crippen LogP contribution in [0.3, 0.4) is 0 Å². The quantitative estimate of drug-likeness (QED) is 0.169. The van der Waals surface area contributed by atoms with Crippen molar-refractivity contribution in [2.45, 2.75) is 6.54 Å². The molecule has 0 saturated heterocycles. The summed E-state index contributed by atoms with van der Waals surface area (Å²) in [6.07, 6.45) is 0. The molecule has 10 rings (SSSR count). The standard InChI is InChI=1S/C49H34N2/c1-4-17-34(18-5-1)37-25-14-26-38(35-19-6-2-7-20-35)42(37)33-50-43-28-12-10-23-40(43)49-45(50)30-16-32-47(49)51-44-29-13-11-24-41(44)48-39(27-15-31-46(48)51)36-21-8-3-9-22-36/h1-32H,33H2. The van der Waals surface area contributed by atoms with Gasteiger partial charge >= 0.3 is 0 Å². The zero-order chi connectivity index (χ0) is 33.7. The van der Waals surface area contributed by atoms with Crippen LogP contribution in [-0.4, -0.2) is 9.13 Å². The summed E-state index contributed by atoms with van der Waals surface area (Å²) >= 11 is 0. The lowest BCUT2D eigenvalue weighted by Crippen LogP contribution is -2.04. The molecule has 0 atom stereocenters. The van der Waals surface area contributed by atoms with Crippen LogP contribution in [0.5, 0.6) is 0 Å². The van der Waals surface area contributed by atoms with Crippen LogP contribution in [0, 0.1) is 0 Å². The third-order valence-electron chi connectivity index (χ3n) is 10.5. The van der Waals surface area contributed by atoms with E-state index < -0.39 is 0 Å². The molecule has 51 heavy (non-hydrogen) atoms. The highest BCUT2D eigenvalue weighted by Gasteiger charge is 2.22. The van der Waals surface area contributed by atoms with E-state index in [1.807, 2.05) is 0 Å². The van der Waals surface area contributed by atoms with Gasteiger partial charge in [-0.15, -0.1) is 0 Å². The third-order valence-corrected chi connectivity index (χ3v) is 10.5. The first-order valence-corrected chi connectivity index (χ1v) is 17.7. The Morgan fingerprint density at radius 3 is 1.41 bits per heavy atom. The Morgan fingerprint density at radius 1 is 0.314 bits per heavy atom. The maximum Gasteiger partial charge on any atom is 0.0562 e.